The van der Waals surface area contributed by atoms with Gasteiger partial charge in [0, 0.05) is 25.4 Å². The number of nitrogens with zero attached hydrogens (tertiary/aromatic N) is 6. The Balaban J connectivity index is 1.62. The highest BCUT2D eigenvalue weighted by Crippen LogP contribution is 2.20. The quantitative estimate of drug-likeness (QED) is 0.449. The van der Waals surface area contributed by atoms with Gasteiger partial charge in [-0.05, 0) is 37.0 Å². The SMILES string of the molecule is CN(Cc1cnn(C)c1)Cn1nc(-c2ccco2)n(Cc2ccccc2)c1=S. The van der Waals surface area contributed by atoms with E-state index in [1.54, 1.807) is 10.9 Å². The van der Waals surface area contributed by atoms with Gasteiger partial charge < -0.3 is 4.42 Å². The Morgan fingerprint density at radius 3 is 2.61 bits per heavy atom. The summed E-state index contributed by atoms with van der Waals surface area (Å²) in [6.45, 7) is 1.97. The van der Waals surface area contributed by atoms with Gasteiger partial charge in [-0.15, -0.1) is 5.10 Å². The van der Waals surface area contributed by atoms with E-state index in [0.29, 0.717) is 23.7 Å². The summed E-state index contributed by atoms with van der Waals surface area (Å²) in [4.78, 5) is 2.15. The van der Waals surface area contributed by atoms with Gasteiger partial charge in [-0.3, -0.25) is 14.1 Å². The smallest absolute Gasteiger partial charge is 0.199 e. The number of hydrogen-bond donors (Lipinski definition) is 0. The predicted octanol–water partition coefficient (Wildman–Crippen LogP) is 3.55. The maximum atomic E-state index is 5.75. The first kappa shape index (κ1) is 18.4. The average Bonchev–Trinajstić information content (AvgIpc) is 3.41. The summed E-state index contributed by atoms with van der Waals surface area (Å²) >= 11 is 5.75. The molecule has 0 saturated heterocycles. The van der Waals surface area contributed by atoms with Crippen LogP contribution in [0.15, 0.2) is 65.5 Å². The molecule has 3 heterocycles. The number of aromatic nitrogens is 5. The topological polar surface area (TPSA) is 57.0 Å². The first-order valence-electron chi connectivity index (χ1n) is 9.01. The van der Waals surface area contributed by atoms with Crippen LogP contribution in [-0.2, 0) is 26.8 Å². The Kier molecular flexibility index (Phi) is 5.23. The highest BCUT2D eigenvalue weighted by molar-refractivity contribution is 7.71. The third kappa shape index (κ3) is 3.97. The van der Waals surface area contributed by atoms with Crippen molar-refractivity contribution in [3.63, 3.8) is 0 Å². The highest BCUT2D eigenvalue weighted by Gasteiger charge is 2.16. The average molecular weight is 395 g/mol. The summed E-state index contributed by atoms with van der Waals surface area (Å²) < 4.78 is 11.9. The molecule has 0 saturated carbocycles. The minimum absolute atomic E-state index is 0.573. The van der Waals surface area contributed by atoms with Crippen LogP contribution >= 0.6 is 12.2 Å². The zero-order valence-corrected chi connectivity index (χ0v) is 16.7. The van der Waals surface area contributed by atoms with Crippen LogP contribution in [-0.4, -0.2) is 36.1 Å². The lowest BCUT2D eigenvalue weighted by Gasteiger charge is -2.15. The molecule has 144 valence electrons. The number of hydrogen-bond acceptors (Lipinski definition) is 5. The molecule has 8 heteroatoms. The monoisotopic (exact) mass is 394 g/mol. The molecule has 4 rings (SSSR count). The molecule has 0 aliphatic heterocycles. The van der Waals surface area contributed by atoms with E-state index in [9.17, 15) is 0 Å². The van der Waals surface area contributed by atoms with E-state index in [1.165, 1.54) is 0 Å². The van der Waals surface area contributed by atoms with E-state index >= 15 is 0 Å². The molecular formula is C20H22N6OS. The molecule has 0 N–H and O–H groups in total. The van der Waals surface area contributed by atoms with Crippen molar-refractivity contribution in [1.29, 1.82) is 0 Å². The molecule has 0 radical (unpaired) electrons. The van der Waals surface area contributed by atoms with Crippen LogP contribution in [0.5, 0.6) is 0 Å². The van der Waals surface area contributed by atoms with Crippen molar-refractivity contribution < 1.29 is 4.42 Å². The van der Waals surface area contributed by atoms with E-state index < -0.39 is 0 Å². The fourth-order valence-electron chi connectivity index (χ4n) is 3.17. The second-order valence-corrected chi connectivity index (χ2v) is 7.20. The maximum Gasteiger partial charge on any atom is 0.199 e. The molecule has 0 spiro atoms. The summed E-state index contributed by atoms with van der Waals surface area (Å²) in [6, 6.07) is 14.0. The molecule has 4 aromatic rings. The van der Waals surface area contributed by atoms with Crippen molar-refractivity contribution in [1.82, 2.24) is 29.0 Å². The van der Waals surface area contributed by atoms with E-state index in [-0.39, 0.29) is 0 Å². The molecule has 0 atom stereocenters. The number of benzene rings is 1. The van der Waals surface area contributed by atoms with Crippen LogP contribution in [0.2, 0.25) is 0 Å². The van der Waals surface area contributed by atoms with Crippen LogP contribution in [0.25, 0.3) is 11.6 Å². The first-order valence-corrected chi connectivity index (χ1v) is 9.42. The lowest BCUT2D eigenvalue weighted by molar-refractivity contribution is 0.244. The van der Waals surface area contributed by atoms with Crippen molar-refractivity contribution >= 4 is 12.2 Å². The first-order chi connectivity index (χ1) is 13.6. The summed E-state index contributed by atoms with van der Waals surface area (Å²) in [5.41, 5.74) is 2.31. The maximum absolute atomic E-state index is 5.75. The van der Waals surface area contributed by atoms with Crippen LogP contribution in [0.3, 0.4) is 0 Å². The van der Waals surface area contributed by atoms with E-state index in [1.807, 2.05) is 66.1 Å². The van der Waals surface area contributed by atoms with Crippen LogP contribution in [0.4, 0.5) is 0 Å². The van der Waals surface area contributed by atoms with E-state index in [4.69, 9.17) is 21.7 Å². The standard InChI is InChI=1S/C20H22N6OS/c1-23(12-17-11-21-24(2)13-17)15-26-20(28)25(14-16-7-4-3-5-8-16)19(22-26)18-9-6-10-27-18/h3-11,13H,12,14-15H2,1-2H3. The summed E-state index contributed by atoms with van der Waals surface area (Å²) in [6.07, 6.45) is 5.54. The minimum Gasteiger partial charge on any atom is -0.461 e. The van der Waals surface area contributed by atoms with E-state index in [0.717, 1.165) is 23.5 Å². The molecule has 0 aliphatic rings. The van der Waals surface area contributed by atoms with Crippen molar-refractivity contribution in [2.24, 2.45) is 7.05 Å². The molecule has 0 amide bonds. The van der Waals surface area contributed by atoms with Gasteiger partial charge in [0.15, 0.2) is 16.4 Å². The summed E-state index contributed by atoms with van der Waals surface area (Å²) in [7, 11) is 3.96. The molecule has 28 heavy (non-hydrogen) atoms. The lowest BCUT2D eigenvalue weighted by Crippen LogP contribution is -2.22. The Morgan fingerprint density at radius 2 is 1.93 bits per heavy atom. The summed E-state index contributed by atoms with van der Waals surface area (Å²) in [5, 5.41) is 8.98. The van der Waals surface area contributed by atoms with Crippen LogP contribution in [0.1, 0.15) is 11.1 Å². The second-order valence-electron chi connectivity index (χ2n) is 6.83. The normalized spacial score (nSPS) is 11.4. The number of furan rings is 1. The highest BCUT2D eigenvalue weighted by atomic mass is 32.1. The zero-order chi connectivity index (χ0) is 19.5. The van der Waals surface area contributed by atoms with Crippen LogP contribution in [0, 0.1) is 4.77 Å². The third-order valence-electron chi connectivity index (χ3n) is 4.43. The van der Waals surface area contributed by atoms with Crippen molar-refractivity contribution in [2.75, 3.05) is 7.05 Å². The second kappa shape index (κ2) is 7.95. The molecule has 1 aromatic carbocycles. The molecular weight excluding hydrogens is 372 g/mol. The van der Waals surface area contributed by atoms with Gasteiger partial charge in [-0.2, -0.15) is 5.10 Å². The molecule has 0 fully saturated rings. The largest absolute Gasteiger partial charge is 0.461 e. The minimum atomic E-state index is 0.573. The predicted molar refractivity (Wildman–Crippen MR) is 109 cm³/mol. The summed E-state index contributed by atoms with van der Waals surface area (Å²) in [5.74, 6) is 1.43. The number of rotatable bonds is 7. The van der Waals surface area contributed by atoms with E-state index in [2.05, 4.69) is 22.1 Å². The van der Waals surface area contributed by atoms with Gasteiger partial charge >= 0.3 is 0 Å². The molecule has 3 aromatic heterocycles. The van der Waals surface area contributed by atoms with Crippen molar-refractivity contribution in [2.45, 2.75) is 19.8 Å². The van der Waals surface area contributed by atoms with Gasteiger partial charge in [0.2, 0.25) is 0 Å². The third-order valence-corrected chi connectivity index (χ3v) is 4.87. The Hall–Kier alpha value is -2.97. The molecule has 0 aliphatic carbocycles. The number of aryl methyl sites for hydroxylation is 1. The van der Waals surface area contributed by atoms with Gasteiger partial charge in [0.05, 0.1) is 25.7 Å². The molecule has 0 unspecified atom stereocenters. The Labute approximate surface area is 168 Å². The van der Waals surface area contributed by atoms with Gasteiger partial charge in [-0.25, -0.2) is 4.68 Å². The molecule has 7 nitrogen and oxygen atoms in total. The van der Waals surface area contributed by atoms with Crippen molar-refractivity contribution in [3.05, 3.63) is 77.0 Å². The molecule has 0 bridgehead atoms. The lowest BCUT2D eigenvalue weighted by atomic mass is 10.2. The fourth-order valence-corrected chi connectivity index (χ4v) is 3.42. The Bertz CT molecular complexity index is 1090. The van der Waals surface area contributed by atoms with Gasteiger partial charge in [0.25, 0.3) is 0 Å². The van der Waals surface area contributed by atoms with Gasteiger partial charge in [0.1, 0.15) is 0 Å². The zero-order valence-electron chi connectivity index (χ0n) is 15.9. The fraction of sp³-hybridized carbons (Fsp3) is 0.250. The van der Waals surface area contributed by atoms with Crippen LogP contribution < -0.4 is 0 Å². The van der Waals surface area contributed by atoms with Crippen molar-refractivity contribution in [3.8, 4) is 11.6 Å². The van der Waals surface area contributed by atoms with Gasteiger partial charge in [-0.1, -0.05) is 30.3 Å². The Morgan fingerprint density at radius 1 is 1.11 bits per heavy atom.